The average Bonchev–Trinajstić information content (AvgIpc) is 2.61. The predicted molar refractivity (Wildman–Crippen MR) is 90.4 cm³/mol. The number of hydrogen-bond donors (Lipinski definition) is 2. The maximum Gasteiger partial charge on any atom is 0.307 e. The van der Waals surface area contributed by atoms with Gasteiger partial charge in [0.05, 0.1) is 5.92 Å². The van der Waals surface area contributed by atoms with E-state index in [4.69, 9.17) is 0 Å². The van der Waals surface area contributed by atoms with Crippen LogP contribution in [0.5, 0.6) is 0 Å². The molecule has 2 N–H and O–H groups in total. The quantitative estimate of drug-likeness (QED) is 0.860. The molecule has 0 bridgehead atoms. The van der Waals surface area contributed by atoms with Crippen LogP contribution < -0.4 is 5.32 Å². The number of carbonyl (C=O) groups is 1. The molecule has 2 unspecified atom stereocenters. The zero-order chi connectivity index (χ0) is 16.1. The normalized spacial score (nSPS) is 25.1. The maximum absolute atomic E-state index is 11.4. The SMILES string of the molecule is O=C(O)C1CCCN(C(CN2CCNCC2)c2ccccc2)C1. The lowest BCUT2D eigenvalue weighted by atomic mass is 9.94. The van der Waals surface area contributed by atoms with Crippen molar-refractivity contribution < 1.29 is 9.90 Å². The minimum Gasteiger partial charge on any atom is -0.481 e. The van der Waals surface area contributed by atoms with Crippen LogP contribution in [0, 0.1) is 5.92 Å². The summed E-state index contributed by atoms with van der Waals surface area (Å²) in [6.45, 7) is 6.87. The molecule has 0 saturated carbocycles. The minimum absolute atomic E-state index is 0.224. The van der Waals surface area contributed by atoms with E-state index >= 15 is 0 Å². The molecule has 2 fully saturated rings. The fourth-order valence-electron chi connectivity index (χ4n) is 3.74. The van der Waals surface area contributed by atoms with Crippen LogP contribution in [0.3, 0.4) is 0 Å². The van der Waals surface area contributed by atoms with Gasteiger partial charge in [-0.15, -0.1) is 0 Å². The molecular formula is C18H27N3O2. The van der Waals surface area contributed by atoms with Crippen molar-refractivity contribution in [3.63, 3.8) is 0 Å². The van der Waals surface area contributed by atoms with Gasteiger partial charge in [0, 0.05) is 45.3 Å². The molecular weight excluding hydrogens is 290 g/mol. The van der Waals surface area contributed by atoms with Crippen molar-refractivity contribution >= 4 is 5.97 Å². The topological polar surface area (TPSA) is 55.8 Å². The lowest BCUT2D eigenvalue weighted by molar-refractivity contribution is -0.144. The molecule has 2 saturated heterocycles. The molecule has 2 aliphatic heterocycles. The number of piperazine rings is 1. The molecule has 1 aromatic carbocycles. The van der Waals surface area contributed by atoms with Crippen molar-refractivity contribution in [2.45, 2.75) is 18.9 Å². The number of carboxylic acid groups (broad SMARTS) is 1. The molecule has 1 aromatic rings. The second-order valence-electron chi connectivity index (χ2n) is 6.65. The predicted octanol–water partition coefficient (Wildman–Crippen LogP) is 1.43. The van der Waals surface area contributed by atoms with Crippen molar-refractivity contribution in [1.82, 2.24) is 15.1 Å². The molecule has 0 amide bonds. The van der Waals surface area contributed by atoms with Gasteiger partial charge < -0.3 is 10.4 Å². The number of nitrogens with one attached hydrogen (secondary N) is 1. The summed E-state index contributed by atoms with van der Waals surface area (Å²) in [5, 5.41) is 12.8. The van der Waals surface area contributed by atoms with Crippen molar-refractivity contribution in [3.05, 3.63) is 35.9 Å². The van der Waals surface area contributed by atoms with Crippen molar-refractivity contribution in [3.8, 4) is 0 Å². The molecule has 0 radical (unpaired) electrons. The number of aliphatic carboxylic acids is 1. The van der Waals surface area contributed by atoms with E-state index in [1.54, 1.807) is 0 Å². The summed E-state index contributed by atoms with van der Waals surface area (Å²) in [5.41, 5.74) is 1.30. The van der Waals surface area contributed by atoms with Gasteiger partial charge in [0.2, 0.25) is 0 Å². The van der Waals surface area contributed by atoms with Gasteiger partial charge in [-0.2, -0.15) is 0 Å². The first-order valence-corrected chi connectivity index (χ1v) is 8.69. The standard InChI is InChI=1S/C18H27N3O2/c22-18(23)16-7-4-10-21(13-16)17(15-5-2-1-3-6-15)14-20-11-8-19-9-12-20/h1-3,5-6,16-17,19H,4,7-14H2,(H,22,23). The molecule has 2 atom stereocenters. The van der Waals surface area contributed by atoms with E-state index in [-0.39, 0.29) is 12.0 Å². The average molecular weight is 317 g/mol. The Labute approximate surface area is 138 Å². The summed E-state index contributed by atoms with van der Waals surface area (Å²) >= 11 is 0. The molecule has 0 aliphatic carbocycles. The number of likely N-dealkylation sites (tertiary alicyclic amines) is 1. The molecule has 23 heavy (non-hydrogen) atoms. The largest absolute Gasteiger partial charge is 0.481 e. The highest BCUT2D eigenvalue weighted by atomic mass is 16.4. The molecule has 3 rings (SSSR count). The van der Waals surface area contributed by atoms with E-state index in [1.807, 2.05) is 6.07 Å². The fourth-order valence-corrected chi connectivity index (χ4v) is 3.74. The first kappa shape index (κ1) is 16.4. The monoisotopic (exact) mass is 317 g/mol. The van der Waals surface area contributed by atoms with Gasteiger partial charge in [-0.25, -0.2) is 0 Å². The number of rotatable bonds is 5. The summed E-state index contributed by atoms with van der Waals surface area (Å²) in [6.07, 6.45) is 1.78. The third-order valence-electron chi connectivity index (χ3n) is 5.07. The maximum atomic E-state index is 11.4. The van der Waals surface area contributed by atoms with Crippen LogP contribution in [0.2, 0.25) is 0 Å². The molecule has 2 aliphatic rings. The van der Waals surface area contributed by atoms with Crippen LogP contribution >= 0.6 is 0 Å². The lowest BCUT2D eigenvalue weighted by Gasteiger charge is -2.40. The van der Waals surface area contributed by atoms with Gasteiger partial charge in [0.1, 0.15) is 0 Å². The van der Waals surface area contributed by atoms with Gasteiger partial charge >= 0.3 is 5.97 Å². The van der Waals surface area contributed by atoms with Gasteiger partial charge in [0.15, 0.2) is 0 Å². The van der Waals surface area contributed by atoms with Gasteiger partial charge in [-0.3, -0.25) is 14.6 Å². The van der Waals surface area contributed by atoms with Gasteiger partial charge in [-0.1, -0.05) is 30.3 Å². The zero-order valence-electron chi connectivity index (χ0n) is 13.7. The van der Waals surface area contributed by atoms with E-state index in [1.165, 1.54) is 5.56 Å². The Bertz CT molecular complexity index is 502. The molecule has 2 heterocycles. The molecule has 0 spiro atoms. The number of benzene rings is 1. The van der Waals surface area contributed by atoms with Gasteiger partial charge in [-0.05, 0) is 24.9 Å². The van der Waals surface area contributed by atoms with Crippen LogP contribution in [0.1, 0.15) is 24.4 Å². The van der Waals surface area contributed by atoms with Crippen LogP contribution in [0.25, 0.3) is 0 Å². The van der Waals surface area contributed by atoms with Crippen molar-refractivity contribution in [2.24, 2.45) is 5.92 Å². The summed E-state index contributed by atoms with van der Waals surface area (Å²) < 4.78 is 0. The number of nitrogens with zero attached hydrogens (tertiary/aromatic N) is 2. The first-order valence-electron chi connectivity index (χ1n) is 8.69. The Kier molecular flexibility index (Phi) is 5.65. The third-order valence-corrected chi connectivity index (χ3v) is 5.07. The highest BCUT2D eigenvalue weighted by molar-refractivity contribution is 5.70. The van der Waals surface area contributed by atoms with E-state index in [2.05, 4.69) is 39.4 Å². The van der Waals surface area contributed by atoms with Crippen LogP contribution in [0.4, 0.5) is 0 Å². The first-order chi connectivity index (χ1) is 11.2. The summed E-state index contributed by atoms with van der Waals surface area (Å²) in [5.74, 6) is -0.873. The van der Waals surface area contributed by atoms with Crippen LogP contribution in [0.15, 0.2) is 30.3 Å². The van der Waals surface area contributed by atoms with E-state index in [0.29, 0.717) is 6.54 Å². The fraction of sp³-hybridized carbons (Fsp3) is 0.611. The Morgan fingerprint density at radius 1 is 1.22 bits per heavy atom. The second-order valence-corrected chi connectivity index (χ2v) is 6.65. The molecule has 126 valence electrons. The highest BCUT2D eigenvalue weighted by Crippen LogP contribution is 2.28. The number of piperidine rings is 1. The summed E-state index contributed by atoms with van der Waals surface area (Å²) in [7, 11) is 0. The van der Waals surface area contributed by atoms with E-state index < -0.39 is 5.97 Å². The Morgan fingerprint density at radius 3 is 2.65 bits per heavy atom. The molecule has 0 aromatic heterocycles. The van der Waals surface area contributed by atoms with Gasteiger partial charge in [0.25, 0.3) is 0 Å². The molecule has 5 heteroatoms. The van der Waals surface area contributed by atoms with E-state index in [0.717, 1.165) is 52.1 Å². The molecule has 5 nitrogen and oxygen atoms in total. The van der Waals surface area contributed by atoms with Crippen molar-refractivity contribution in [1.29, 1.82) is 0 Å². The van der Waals surface area contributed by atoms with Crippen LogP contribution in [-0.4, -0.2) is 66.7 Å². The lowest BCUT2D eigenvalue weighted by Crippen LogP contribution is -2.49. The smallest absolute Gasteiger partial charge is 0.307 e. The summed E-state index contributed by atoms with van der Waals surface area (Å²) in [4.78, 5) is 16.3. The zero-order valence-corrected chi connectivity index (χ0v) is 13.7. The Hall–Kier alpha value is -1.43. The van der Waals surface area contributed by atoms with E-state index in [9.17, 15) is 9.90 Å². The summed E-state index contributed by atoms with van der Waals surface area (Å²) in [6, 6.07) is 10.9. The second kappa shape index (κ2) is 7.90. The number of hydrogen-bond acceptors (Lipinski definition) is 4. The Balaban J connectivity index is 1.75. The minimum atomic E-state index is -0.649. The highest BCUT2D eigenvalue weighted by Gasteiger charge is 2.31. The Morgan fingerprint density at radius 2 is 1.96 bits per heavy atom. The third kappa shape index (κ3) is 4.31. The van der Waals surface area contributed by atoms with Crippen molar-refractivity contribution in [2.75, 3.05) is 45.8 Å². The van der Waals surface area contributed by atoms with Crippen LogP contribution in [-0.2, 0) is 4.79 Å². The number of carboxylic acids is 1.